The van der Waals surface area contributed by atoms with Crippen molar-refractivity contribution in [1.82, 2.24) is 0 Å². The second-order valence-electron chi connectivity index (χ2n) is 1.43. The number of hydrogen-bond donors (Lipinski definition) is 0. The Morgan fingerprint density at radius 2 is 2.00 bits per heavy atom. The van der Waals surface area contributed by atoms with Crippen molar-refractivity contribution >= 4 is 17.8 Å². The van der Waals surface area contributed by atoms with Crippen molar-refractivity contribution in [2.45, 2.75) is 0 Å². The average Bonchev–Trinajstić information content (AvgIpc) is 1.61. The van der Waals surface area contributed by atoms with Crippen LogP contribution in [-0.2, 0) is 0 Å². The van der Waals surface area contributed by atoms with Crippen molar-refractivity contribution in [3.8, 4) is 0 Å². The van der Waals surface area contributed by atoms with Crippen molar-refractivity contribution in [3.63, 3.8) is 0 Å². The van der Waals surface area contributed by atoms with Gasteiger partial charge >= 0.3 is 0 Å². The van der Waals surface area contributed by atoms with Crippen molar-refractivity contribution in [2.24, 2.45) is 0 Å². The number of hydrogen-bond acceptors (Lipinski definition) is 0. The zero-order chi connectivity index (χ0) is 5.70. The molecule has 0 saturated heterocycles. The van der Waals surface area contributed by atoms with Gasteiger partial charge in [-0.3, -0.25) is 0 Å². The first-order valence-electron chi connectivity index (χ1n) is 2.04. The van der Waals surface area contributed by atoms with E-state index in [4.69, 9.17) is 11.6 Å². The summed E-state index contributed by atoms with van der Waals surface area (Å²) >= 11 is 5.21. The summed E-state index contributed by atoms with van der Waals surface area (Å²) in [6.45, 7) is 0. The molecule has 0 atom stereocenters. The van der Waals surface area contributed by atoms with Crippen LogP contribution >= 0.6 is 11.6 Å². The molecule has 7 heavy (non-hydrogen) atoms. The molecule has 0 saturated carbocycles. The maximum atomic E-state index is 5.21. The van der Waals surface area contributed by atoms with Crippen LogP contribution in [-0.4, -0.2) is 24.9 Å². The fourth-order valence-corrected chi connectivity index (χ4v) is 0.270. The smallest absolute Gasteiger partial charge is 0.163 e. The van der Waals surface area contributed by atoms with Crippen LogP contribution in [0, 0.1) is 0 Å². The lowest BCUT2D eigenvalue weighted by molar-refractivity contribution is -0.458. The fraction of sp³-hybridized carbons (Fsp3) is 0.400. The van der Waals surface area contributed by atoms with E-state index in [9.17, 15) is 0 Å². The molecule has 40 valence electrons. The van der Waals surface area contributed by atoms with Gasteiger partial charge in [0.1, 0.15) is 14.1 Å². The third-order valence-electron chi connectivity index (χ3n) is 0.457. The molecule has 0 heterocycles. The van der Waals surface area contributed by atoms with Crippen LogP contribution in [0.1, 0.15) is 0 Å². The molecule has 0 spiro atoms. The van der Waals surface area contributed by atoms with Gasteiger partial charge in [0.2, 0.25) is 0 Å². The van der Waals surface area contributed by atoms with E-state index in [0.717, 1.165) is 0 Å². The Labute approximate surface area is 48.9 Å². The van der Waals surface area contributed by atoms with Gasteiger partial charge in [0, 0.05) is 11.6 Å². The van der Waals surface area contributed by atoms with Crippen LogP contribution in [0.2, 0.25) is 0 Å². The standard InChI is InChI=1S/C5H9ClN/c1-7(2)5-3-4-6/h3-5H,1-2H3/q+1/b4-3+. The second kappa shape index (κ2) is 3.88. The monoisotopic (exact) mass is 118 g/mol. The summed E-state index contributed by atoms with van der Waals surface area (Å²) < 4.78 is 1.92. The van der Waals surface area contributed by atoms with Crippen LogP contribution in [0.4, 0.5) is 0 Å². The zero-order valence-electron chi connectivity index (χ0n) is 4.56. The van der Waals surface area contributed by atoms with Gasteiger partial charge in [0.15, 0.2) is 6.21 Å². The molecule has 0 aliphatic heterocycles. The first kappa shape index (κ1) is 6.70. The Kier molecular flexibility index (Phi) is 3.71. The molecule has 0 aromatic heterocycles. The van der Waals surface area contributed by atoms with Crippen molar-refractivity contribution in [3.05, 3.63) is 11.6 Å². The summed E-state index contributed by atoms with van der Waals surface area (Å²) in [5, 5.41) is 0. The van der Waals surface area contributed by atoms with E-state index in [1.165, 1.54) is 5.54 Å². The van der Waals surface area contributed by atoms with Crippen molar-refractivity contribution in [2.75, 3.05) is 14.1 Å². The van der Waals surface area contributed by atoms with Crippen LogP contribution < -0.4 is 0 Å². The van der Waals surface area contributed by atoms with Crippen molar-refractivity contribution in [1.29, 1.82) is 0 Å². The Bertz CT molecular complexity index is 90.3. The predicted molar refractivity (Wildman–Crippen MR) is 33.2 cm³/mol. The third-order valence-corrected chi connectivity index (χ3v) is 0.602. The molecule has 2 heteroatoms. The van der Waals surface area contributed by atoms with Gasteiger partial charge in [-0.25, -0.2) is 4.58 Å². The quantitative estimate of drug-likeness (QED) is 0.358. The highest BCUT2D eigenvalue weighted by Crippen LogP contribution is 1.71. The molecule has 0 radical (unpaired) electrons. The summed E-state index contributed by atoms with van der Waals surface area (Å²) in [6.07, 6.45) is 3.63. The summed E-state index contributed by atoms with van der Waals surface area (Å²) in [5.41, 5.74) is 1.47. The lowest BCUT2D eigenvalue weighted by Gasteiger charge is -1.74. The van der Waals surface area contributed by atoms with E-state index >= 15 is 0 Å². The SMILES string of the molecule is C[N+](C)=C/C=C/Cl. The van der Waals surface area contributed by atoms with Gasteiger partial charge in [0.05, 0.1) is 0 Å². The molecule has 0 aromatic carbocycles. The molecule has 0 bridgehead atoms. The molecule has 0 amide bonds. The van der Waals surface area contributed by atoms with E-state index in [0.29, 0.717) is 0 Å². The van der Waals surface area contributed by atoms with Crippen LogP contribution in [0.3, 0.4) is 0 Å². The minimum Gasteiger partial charge on any atom is -0.241 e. The molecular formula is C5H9ClN+. The topological polar surface area (TPSA) is 3.01 Å². The molecule has 0 fully saturated rings. The van der Waals surface area contributed by atoms with E-state index in [1.54, 1.807) is 6.08 Å². The maximum absolute atomic E-state index is 5.21. The maximum Gasteiger partial charge on any atom is 0.163 e. The highest BCUT2D eigenvalue weighted by atomic mass is 35.5. The Hall–Kier alpha value is -0.300. The Morgan fingerprint density at radius 1 is 1.43 bits per heavy atom. The first-order chi connectivity index (χ1) is 3.27. The lowest BCUT2D eigenvalue weighted by Crippen LogP contribution is -1.94. The minimum atomic E-state index is 1.47. The van der Waals surface area contributed by atoms with Gasteiger partial charge in [0.25, 0.3) is 0 Å². The van der Waals surface area contributed by atoms with E-state index in [1.807, 2.05) is 24.9 Å². The molecule has 0 aliphatic rings. The summed E-state index contributed by atoms with van der Waals surface area (Å²) in [5.74, 6) is 0. The van der Waals surface area contributed by atoms with Gasteiger partial charge in [-0.15, -0.1) is 0 Å². The van der Waals surface area contributed by atoms with Crippen LogP contribution in [0.25, 0.3) is 0 Å². The predicted octanol–water partition coefficient (Wildman–Crippen LogP) is 1.08. The Balaban J connectivity index is 3.46. The van der Waals surface area contributed by atoms with Crippen LogP contribution in [0.15, 0.2) is 11.6 Å². The molecular weight excluding hydrogens is 110 g/mol. The number of allylic oxidation sites excluding steroid dienone is 1. The molecule has 0 unspecified atom stereocenters. The zero-order valence-corrected chi connectivity index (χ0v) is 5.31. The average molecular weight is 119 g/mol. The van der Waals surface area contributed by atoms with Gasteiger partial charge in [-0.1, -0.05) is 11.6 Å². The summed E-state index contributed by atoms with van der Waals surface area (Å²) in [7, 11) is 3.88. The highest BCUT2D eigenvalue weighted by Gasteiger charge is 1.71. The molecule has 0 aliphatic carbocycles. The first-order valence-corrected chi connectivity index (χ1v) is 2.47. The van der Waals surface area contributed by atoms with Gasteiger partial charge in [-0.05, 0) is 0 Å². The van der Waals surface area contributed by atoms with Crippen LogP contribution in [0.5, 0.6) is 0 Å². The largest absolute Gasteiger partial charge is 0.241 e. The second-order valence-corrected chi connectivity index (χ2v) is 1.68. The van der Waals surface area contributed by atoms with Gasteiger partial charge in [-0.2, -0.15) is 0 Å². The Morgan fingerprint density at radius 3 is 2.14 bits per heavy atom. The molecule has 0 rings (SSSR count). The number of rotatable bonds is 1. The summed E-state index contributed by atoms with van der Waals surface area (Å²) in [4.78, 5) is 0. The van der Waals surface area contributed by atoms with E-state index in [-0.39, 0.29) is 0 Å². The normalized spacial score (nSPS) is 9.57. The highest BCUT2D eigenvalue weighted by molar-refractivity contribution is 6.26. The third kappa shape index (κ3) is 5.70. The van der Waals surface area contributed by atoms with Gasteiger partial charge < -0.3 is 0 Å². The molecule has 1 nitrogen and oxygen atoms in total. The minimum absolute atomic E-state index is 1.47. The van der Waals surface area contributed by atoms with E-state index < -0.39 is 0 Å². The van der Waals surface area contributed by atoms with Crippen molar-refractivity contribution < 1.29 is 4.58 Å². The molecule has 0 N–H and O–H groups in total. The number of nitrogens with zero attached hydrogens (tertiary/aromatic N) is 1. The molecule has 0 aromatic rings. The van der Waals surface area contributed by atoms with E-state index in [2.05, 4.69) is 0 Å². The number of halogens is 1. The fourth-order valence-electron chi connectivity index (χ4n) is 0.205. The lowest BCUT2D eigenvalue weighted by atomic mass is 10.7. The summed E-state index contributed by atoms with van der Waals surface area (Å²) in [6, 6.07) is 0.